The molecule has 3 aromatic rings. The van der Waals surface area contributed by atoms with Crippen molar-refractivity contribution in [3.63, 3.8) is 0 Å². The predicted octanol–water partition coefficient (Wildman–Crippen LogP) is 3.86. The number of aromatic nitrogens is 3. The number of rotatable bonds is 7. The molecule has 0 atom stereocenters. The van der Waals surface area contributed by atoms with Crippen LogP contribution in [0.5, 0.6) is 0 Å². The van der Waals surface area contributed by atoms with Crippen molar-refractivity contribution in [1.82, 2.24) is 20.1 Å². The first-order chi connectivity index (χ1) is 14.3. The molecule has 1 aromatic heterocycles. The molecule has 30 heavy (non-hydrogen) atoms. The average Bonchev–Trinajstić information content (AvgIpc) is 3.07. The van der Waals surface area contributed by atoms with Gasteiger partial charge >= 0.3 is 0 Å². The Kier molecular flexibility index (Phi) is 7.28. The highest BCUT2D eigenvalue weighted by atomic mass is 79.9. The maximum absolute atomic E-state index is 12.3. The summed E-state index contributed by atoms with van der Waals surface area (Å²) in [7, 11) is 1.81. The third-order valence-electron chi connectivity index (χ3n) is 4.45. The Balaban J connectivity index is 1.55. The van der Waals surface area contributed by atoms with E-state index >= 15 is 0 Å². The fourth-order valence-corrected chi connectivity index (χ4v) is 3.91. The van der Waals surface area contributed by atoms with Crippen molar-refractivity contribution in [3.05, 3.63) is 69.5 Å². The molecule has 2 amide bonds. The number of benzene rings is 2. The number of nitrogens with one attached hydrogen (secondary N) is 2. The molecule has 0 fully saturated rings. The number of amides is 2. The minimum Gasteiger partial charge on any atom is -0.345 e. The zero-order valence-corrected chi connectivity index (χ0v) is 19.3. The molecule has 0 aliphatic heterocycles. The summed E-state index contributed by atoms with van der Waals surface area (Å²) >= 11 is 4.67. The SMILES string of the molecule is Cc1ccc(C)c(NC(=O)CSc2nnc(CNC(=O)c3ccccc3Br)n2C)c1. The van der Waals surface area contributed by atoms with Gasteiger partial charge in [0.2, 0.25) is 5.91 Å². The molecule has 0 aliphatic rings. The quantitative estimate of drug-likeness (QED) is 0.494. The molecule has 0 saturated heterocycles. The van der Waals surface area contributed by atoms with Gasteiger partial charge in [0, 0.05) is 17.2 Å². The fraction of sp³-hybridized carbons (Fsp3) is 0.238. The van der Waals surface area contributed by atoms with E-state index < -0.39 is 0 Å². The summed E-state index contributed by atoms with van der Waals surface area (Å²) in [4.78, 5) is 24.7. The predicted molar refractivity (Wildman–Crippen MR) is 122 cm³/mol. The van der Waals surface area contributed by atoms with Crippen molar-refractivity contribution in [2.45, 2.75) is 25.5 Å². The van der Waals surface area contributed by atoms with Crippen molar-refractivity contribution >= 4 is 45.2 Å². The van der Waals surface area contributed by atoms with Crippen LogP contribution in [0.3, 0.4) is 0 Å². The number of carbonyl (C=O) groups excluding carboxylic acids is 2. The van der Waals surface area contributed by atoms with E-state index in [0.29, 0.717) is 16.5 Å². The molecular weight excluding hydrogens is 466 g/mol. The number of halogens is 1. The van der Waals surface area contributed by atoms with Gasteiger partial charge in [0.05, 0.1) is 17.9 Å². The number of anilines is 1. The second-order valence-electron chi connectivity index (χ2n) is 6.78. The second kappa shape index (κ2) is 9.90. The summed E-state index contributed by atoms with van der Waals surface area (Å²) in [6.45, 7) is 4.18. The van der Waals surface area contributed by atoms with Gasteiger partial charge in [0.25, 0.3) is 5.91 Å². The number of thioether (sulfide) groups is 1. The molecule has 0 spiro atoms. The van der Waals surface area contributed by atoms with Crippen LogP contribution >= 0.6 is 27.7 Å². The first kappa shape index (κ1) is 22.0. The molecule has 0 bridgehead atoms. The number of nitrogens with zero attached hydrogens (tertiary/aromatic N) is 3. The lowest BCUT2D eigenvalue weighted by Gasteiger charge is -2.09. The number of carbonyl (C=O) groups is 2. The summed E-state index contributed by atoms with van der Waals surface area (Å²) in [6.07, 6.45) is 0. The van der Waals surface area contributed by atoms with E-state index in [1.165, 1.54) is 11.8 Å². The zero-order chi connectivity index (χ0) is 21.7. The number of hydrogen-bond acceptors (Lipinski definition) is 5. The van der Waals surface area contributed by atoms with Crippen LogP contribution in [0.25, 0.3) is 0 Å². The van der Waals surface area contributed by atoms with Crippen molar-refractivity contribution in [2.75, 3.05) is 11.1 Å². The Morgan fingerprint density at radius 2 is 1.90 bits per heavy atom. The van der Waals surface area contributed by atoms with Crippen LogP contribution in [0.2, 0.25) is 0 Å². The Bertz CT molecular complexity index is 1080. The van der Waals surface area contributed by atoms with Crippen molar-refractivity contribution in [2.24, 2.45) is 7.05 Å². The first-order valence-corrected chi connectivity index (χ1v) is 11.0. The molecule has 0 saturated carbocycles. The van der Waals surface area contributed by atoms with Crippen LogP contribution in [0.4, 0.5) is 5.69 Å². The molecule has 9 heteroatoms. The van der Waals surface area contributed by atoms with Gasteiger partial charge in [-0.1, -0.05) is 36.0 Å². The van der Waals surface area contributed by atoms with Crippen LogP contribution in [0.15, 0.2) is 52.1 Å². The van der Waals surface area contributed by atoms with E-state index in [1.54, 1.807) is 16.7 Å². The second-order valence-corrected chi connectivity index (χ2v) is 8.57. The average molecular weight is 488 g/mol. The van der Waals surface area contributed by atoms with Gasteiger partial charge in [-0.15, -0.1) is 10.2 Å². The van der Waals surface area contributed by atoms with Gasteiger partial charge in [-0.05, 0) is 59.1 Å². The topological polar surface area (TPSA) is 88.9 Å². The van der Waals surface area contributed by atoms with Crippen molar-refractivity contribution in [3.8, 4) is 0 Å². The summed E-state index contributed by atoms with van der Waals surface area (Å²) < 4.78 is 2.50. The standard InChI is InChI=1S/C21H22BrN5O2S/c1-13-8-9-14(2)17(10-13)24-19(28)12-30-21-26-25-18(27(21)3)11-23-20(29)15-6-4-5-7-16(15)22/h4-10H,11-12H2,1-3H3,(H,23,29)(H,24,28). The third kappa shape index (κ3) is 5.48. The van der Waals surface area contributed by atoms with Crippen LogP contribution < -0.4 is 10.6 Å². The highest BCUT2D eigenvalue weighted by Crippen LogP contribution is 2.20. The van der Waals surface area contributed by atoms with E-state index in [0.717, 1.165) is 21.3 Å². The van der Waals surface area contributed by atoms with Crippen LogP contribution in [0, 0.1) is 13.8 Å². The first-order valence-electron chi connectivity index (χ1n) is 9.26. The lowest BCUT2D eigenvalue weighted by atomic mass is 10.1. The summed E-state index contributed by atoms with van der Waals surface area (Å²) in [5.74, 6) is 0.503. The van der Waals surface area contributed by atoms with Crippen molar-refractivity contribution < 1.29 is 9.59 Å². The molecule has 156 valence electrons. The Morgan fingerprint density at radius 3 is 2.67 bits per heavy atom. The van der Waals surface area contributed by atoms with E-state index in [2.05, 4.69) is 36.8 Å². The van der Waals surface area contributed by atoms with E-state index in [1.807, 2.05) is 51.2 Å². The summed E-state index contributed by atoms with van der Waals surface area (Å²) in [5.41, 5.74) is 3.47. The largest absolute Gasteiger partial charge is 0.345 e. The molecular formula is C21H22BrN5O2S. The lowest BCUT2D eigenvalue weighted by Crippen LogP contribution is -2.24. The van der Waals surface area contributed by atoms with Gasteiger partial charge < -0.3 is 15.2 Å². The number of hydrogen-bond donors (Lipinski definition) is 2. The molecule has 3 rings (SSSR count). The summed E-state index contributed by atoms with van der Waals surface area (Å²) in [5, 5.41) is 14.6. The van der Waals surface area contributed by atoms with E-state index in [9.17, 15) is 9.59 Å². The van der Waals surface area contributed by atoms with Crippen molar-refractivity contribution in [1.29, 1.82) is 0 Å². The third-order valence-corrected chi connectivity index (χ3v) is 6.16. The van der Waals surface area contributed by atoms with E-state index in [-0.39, 0.29) is 24.1 Å². The smallest absolute Gasteiger partial charge is 0.252 e. The van der Waals surface area contributed by atoms with Gasteiger partial charge in [-0.25, -0.2) is 0 Å². The van der Waals surface area contributed by atoms with Gasteiger partial charge in [0.1, 0.15) is 0 Å². The molecule has 0 unspecified atom stereocenters. The zero-order valence-electron chi connectivity index (χ0n) is 16.9. The normalized spacial score (nSPS) is 10.7. The Morgan fingerprint density at radius 1 is 1.13 bits per heavy atom. The van der Waals surface area contributed by atoms with E-state index in [4.69, 9.17) is 0 Å². The molecule has 0 aliphatic carbocycles. The van der Waals surface area contributed by atoms with Gasteiger partial charge in [-0.2, -0.15) is 0 Å². The Labute approximate surface area is 187 Å². The van der Waals surface area contributed by atoms with Crippen LogP contribution in [0.1, 0.15) is 27.3 Å². The monoisotopic (exact) mass is 487 g/mol. The maximum Gasteiger partial charge on any atom is 0.252 e. The molecule has 0 radical (unpaired) electrons. The Hall–Kier alpha value is -2.65. The van der Waals surface area contributed by atoms with Gasteiger partial charge in [-0.3, -0.25) is 9.59 Å². The highest BCUT2D eigenvalue weighted by Gasteiger charge is 2.14. The molecule has 7 nitrogen and oxygen atoms in total. The number of aryl methyl sites for hydroxylation is 2. The molecule has 2 aromatic carbocycles. The highest BCUT2D eigenvalue weighted by molar-refractivity contribution is 9.10. The fourth-order valence-electron chi connectivity index (χ4n) is 2.71. The van der Waals surface area contributed by atoms with Gasteiger partial charge in [0.15, 0.2) is 11.0 Å². The maximum atomic E-state index is 12.3. The minimum absolute atomic E-state index is 0.111. The lowest BCUT2D eigenvalue weighted by molar-refractivity contribution is -0.113. The summed E-state index contributed by atoms with van der Waals surface area (Å²) in [6, 6.07) is 13.2. The molecule has 1 heterocycles. The minimum atomic E-state index is -0.201. The molecule has 2 N–H and O–H groups in total. The van der Waals surface area contributed by atoms with Crippen LogP contribution in [-0.4, -0.2) is 32.3 Å². The van der Waals surface area contributed by atoms with Crippen LogP contribution in [-0.2, 0) is 18.4 Å².